The van der Waals surface area contributed by atoms with Crippen molar-refractivity contribution in [2.75, 3.05) is 5.01 Å². The van der Waals surface area contributed by atoms with Gasteiger partial charge in [0, 0.05) is 17.5 Å². The lowest BCUT2D eigenvalue weighted by Crippen LogP contribution is -2.19. The summed E-state index contributed by atoms with van der Waals surface area (Å²) in [6.07, 6.45) is 0.902. The molecule has 130 valence electrons. The highest BCUT2D eigenvalue weighted by Crippen LogP contribution is 2.39. The van der Waals surface area contributed by atoms with E-state index in [9.17, 15) is 4.79 Å². The Morgan fingerprint density at radius 1 is 1.08 bits per heavy atom. The summed E-state index contributed by atoms with van der Waals surface area (Å²) in [6, 6.07) is 16.3. The van der Waals surface area contributed by atoms with E-state index in [-0.39, 0.29) is 11.5 Å². The largest absolute Gasteiger partial charge is 0.429 e. The Hall–Kier alpha value is -2.62. The van der Waals surface area contributed by atoms with Crippen LogP contribution in [-0.2, 0) is 4.79 Å². The molecule has 1 unspecified atom stereocenters. The van der Waals surface area contributed by atoms with E-state index < -0.39 is 0 Å². The number of ether oxygens (including phenoxy) is 1. The molecule has 1 aliphatic rings. The highest BCUT2D eigenvalue weighted by atomic mass is 16.5. The van der Waals surface area contributed by atoms with E-state index in [2.05, 4.69) is 57.0 Å². The van der Waals surface area contributed by atoms with E-state index in [0.29, 0.717) is 12.2 Å². The standard InChI is InChI=1S/C21H24N2O2/c1-15-5-7-16(8-6-15)19-13-20(21(2,3)4)22-23(19)17-9-11-18(12-10-17)25-14-24/h5-12,14,19H,13H2,1-4H3. The zero-order chi connectivity index (χ0) is 18.0. The van der Waals surface area contributed by atoms with Gasteiger partial charge in [-0.05, 0) is 36.8 Å². The SMILES string of the molecule is Cc1ccc(C2CC(C(C)(C)C)=NN2c2ccc(OC=O)cc2)cc1. The van der Waals surface area contributed by atoms with Crippen LogP contribution in [0.25, 0.3) is 0 Å². The van der Waals surface area contributed by atoms with Gasteiger partial charge < -0.3 is 4.74 Å². The summed E-state index contributed by atoms with van der Waals surface area (Å²) < 4.78 is 4.89. The Balaban J connectivity index is 1.96. The molecule has 2 aromatic carbocycles. The molecule has 0 spiro atoms. The van der Waals surface area contributed by atoms with Crippen LogP contribution in [0.5, 0.6) is 5.75 Å². The molecular formula is C21H24N2O2. The number of hydrazone groups is 1. The number of hydrogen-bond acceptors (Lipinski definition) is 4. The minimum atomic E-state index is 0.0261. The van der Waals surface area contributed by atoms with Crippen LogP contribution in [0.1, 0.15) is 44.4 Å². The Morgan fingerprint density at radius 2 is 1.72 bits per heavy atom. The van der Waals surface area contributed by atoms with Crippen molar-refractivity contribution >= 4 is 17.9 Å². The topological polar surface area (TPSA) is 41.9 Å². The van der Waals surface area contributed by atoms with Crippen LogP contribution in [0.4, 0.5) is 5.69 Å². The number of benzene rings is 2. The van der Waals surface area contributed by atoms with Gasteiger partial charge in [0.25, 0.3) is 6.47 Å². The number of anilines is 1. The molecule has 0 aromatic heterocycles. The first-order chi connectivity index (χ1) is 11.9. The minimum absolute atomic E-state index is 0.0261. The fourth-order valence-electron chi connectivity index (χ4n) is 2.98. The van der Waals surface area contributed by atoms with Crippen LogP contribution in [0, 0.1) is 12.3 Å². The molecule has 0 fully saturated rings. The van der Waals surface area contributed by atoms with Gasteiger partial charge in [-0.3, -0.25) is 9.80 Å². The van der Waals surface area contributed by atoms with Crippen molar-refractivity contribution in [3.63, 3.8) is 0 Å². The lowest BCUT2D eigenvalue weighted by Gasteiger charge is -2.24. The van der Waals surface area contributed by atoms with Gasteiger partial charge in [0.1, 0.15) is 5.75 Å². The molecule has 2 aromatic rings. The lowest BCUT2D eigenvalue weighted by atomic mass is 9.85. The molecule has 4 heteroatoms. The molecule has 0 saturated carbocycles. The van der Waals surface area contributed by atoms with Crippen molar-refractivity contribution in [2.24, 2.45) is 10.5 Å². The zero-order valence-electron chi connectivity index (χ0n) is 15.2. The molecule has 1 atom stereocenters. The first kappa shape index (κ1) is 17.2. The molecule has 4 nitrogen and oxygen atoms in total. The number of carbonyl (C=O) groups excluding carboxylic acids is 1. The molecule has 0 bridgehead atoms. The first-order valence-electron chi connectivity index (χ1n) is 8.52. The maximum absolute atomic E-state index is 10.5. The summed E-state index contributed by atoms with van der Waals surface area (Å²) in [4.78, 5) is 10.5. The second-order valence-electron chi connectivity index (χ2n) is 7.48. The van der Waals surface area contributed by atoms with Crippen LogP contribution >= 0.6 is 0 Å². The van der Waals surface area contributed by atoms with Crippen LogP contribution in [0.15, 0.2) is 53.6 Å². The number of hydrogen-bond donors (Lipinski definition) is 0. The highest BCUT2D eigenvalue weighted by Gasteiger charge is 2.34. The van der Waals surface area contributed by atoms with Crippen molar-refractivity contribution in [1.82, 2.24) is 0 Å². The van der Waals surface area contributed by atoms with Gasteiger partial charge in [-0.15, -0.1) is 0 Å². The molecule has 0 aliphatic carbocycles. The normalized spacial score (nSPS) is 17.4. The number of nitrogens with zero attached hydrogens (tertiary/aromatic N) is 2. The summed E-state index contributed by atoms with van der Waals surface area (Å²) in [5, 5.41) is 7.00. The predicted molar refractivity (Wildman–Crippen MR) is 101 cm³/mol. The molecule has 1 heterocycles. The second kappa shape index (κ2) is 6.71. The van der Waals surface area contributed by atoms with Crippen LogP contribution in [0.3, 0.4) is 0 Å². The first-order valence-corrected chi connectivity index (χ1v) is 8.52. The van der Waals surface area contributed by atoms with Crippen molar-refractivity contribution in [1.29, 1.82) is 0 Å². The quantitative estimate of drug-likeness (QED) is 0.747. The third-order valence-electron chi connectivity index (χ3n) is 4.52. The van der Waals surface area contributed by atoms with Crippen LogP contribution < -0.4 is 9.75 Å². The van der Waals surface area contributed by atoms with E-state index in [1.54, 1.807) is 12.1 Å². The maximum atomic E-state index is 10.5. The summed E-state index contributed by atoms with van der Waals surface area (Å²) in [6.45, 7) is 9.13. The van der Waals surface area contributed by atoms with Gasteiger partial charge in [0.15, 0.2) is 0 Å². The number of carbonyl (C=O) groups is 1. The predicted octanol–water partition coefficient (Wildman–Crippen LogP) is 4.88. The molecule has 3 rings (SSSR count). The molecule has 0 amide bonds. The van der Waals surface area contributed by atoms with Gasteiger partial charge in [-0.1, -0.05) is 50.6 Å². The van der Waals surface area contributed by atoms with Crippen LogP contribution in [-0.4, -0.2) is 12.2 Å². The molecule has 0 radical (unpaired) electrons. The summed E-state index contributed by atoms with van der Waals surface area (Å²) in [7, 11) is 0. The van der Waals surface area contributed by atoms with Gasteiger partial charge in [-0.2, -0.15) is 5.10 Å². The fourth-order valence-corrected chi connectivity index (χ4v) is 2.98. The highest BCUT2D eigenvalue weighted by molar-refractivity contribution is 5.93. The van der Waals surface area contributed by atoms with Crippen molar-refractivity contribution in [3.8, 4) is 5.75 Å². The molecular weight excluding hydrogens is 312 g/mol. The lowest BCUT2D eigenvalue weighted by molar-refractivity contribution is -0.120. The fraction of sp³-hybridized carbons (Fsp3) is 0.333. The van der Waals surface area contributed by atoms with E-state index in [4.69, 9.17) is 9.84 Å². The second-order valence-corrected chi connectivity index (χ2v) is 7.48. The zero-order valence-corrected chi connectivity index (χ0v) is 15.2. The summed E-state index contributed by atoms with van der Waals surface area (Å²) in [5.41, 5.74) is 4.70. The smallest absolute Gasteiger partial charge is 0.298 e. The van der Waals surface area contributed by atoms with Gasteiger partial charge in [0.05, 0.1) is 11.7 Å². The number of rotatable bonds is 4. The monoisotopic (exact) mass is 336 g/mol. The van der Waals surface area contributed by atoms with E-state index in [1.807, 2.05) is 12.1 Å². The Labute approximate surface area is 149 Å². The minimum Gasteiger partial charge on any atom is -0.429 e. The average molecular weight is 336 g/mol. The number of aryl methyl sites for hydroxylation is 1. The van der Waals surface area contributed by atoms with Gasteiger partial charge in [-0.25, -0.2) is 0 Å². The van der Waals surface area contributed by atoms with E-state index >= 15 is 0 Å². The third-order valence-corrected chi connectivity index (χ3v) is 4.52. The maximum Gasteiger partial charge on any atom is 0.298 e. The van der Waals surface area contributed by atoms with E-state index in [1.165, 1.54) is 16.8 Å². The third kappa shape index (κ3) is 3.73. The summed E-state index contributed by atoms with van der Waals surface area (Å²) in [5.74, 6) is 0.532. The van der Waals surface area contributed by atoms with Gasteiger partial charge >= 0.3 is 0 Å². The molecule has 0 N–H and O–H groups in total. The summed E-state index contributed by atoms with van der Waals surface area (Å²) >= 11 is 0. The van der Waals surface area contributed by atoms with E-state index in [0.717, 1.165) is 12.1 Å². The van der Waals surface area contributed by atoms with Crippen molar-refractivity contribution < 1.29 is 9.53 Å². The molecule has 0 saturated heterocycles. The van der Waals surface area contributed by atoms with Gasteiger partial charge in [0.2, 0.25) is 0 Å². The Morgan fingerprint density at radius 3 is 2.28 bits per heavy atom. The Kier molecular flexibility index (Phi) is 4.62. The van der Waals surface area contributed by atoms with Crippen molar-refractivity contribution in [3.05, 3.63) is 59.7 Å². The average Bonchev–Trinajstić information content (AvgIpc) is 3.02. The Bertz CT molecular complexity index is 771. The molecule has 25 heavy (non-hydrogen) atoms. The van der Waals surface area contributed by atoms with Crippen LogP contribution in [0.2, 0.25) is 0 Å². The molecule has 1 aliphatic heterocycles. The van der Waals surface area contributed by atoms with Crippen molar-refractivity contribution in [2.45, 2.75) is 40.2 Å².